The van der Waals surface area contributed by atoms with Gasteiger partial charge < -0.3 is 15.0 Å². The molecule has 8 nitrogen and oxygen atoms in total. The van der Waals surface area contributed by atoms with Crippen LogP contribution in [0.1, 0.15) is 39.5 Å². The van der Waals surface area contributed by atoms with E-state index >= 15 is 0 Å². The second-order valence-corrected chi connectivity index (χ2v) is 10.8. The lowest BCUT2D eigenvalue weighted by Crippen LogP contribution is -2.48. The SMILES string of the molecule is CSCC[C@H](NNC(=O)c1cc(NC(Cn2ccnc2)c2ccc(F)cc2)ccc1CCc1ccc(F)cc1)C(=O)O. The molecule has 4 aromatic rings. The average molecular weight is 594 g/mol. The van der Waals surface area contributed by atoms with E-state index in [4.69, 9.17) is 0 Å². The quantitative estimate of drug-likeness (QED) is 0.140. The van der Waals surface area contributed by atoms with E-state index < -0.39 is 17.9 Å². The molecule has 0 fully saturated rings. The number of nitrogens with one attached hydrogen (secondary N) is 3. The smallest absolute Gasteiger partial charge is 0.322 e. The summed E-state index contributed by atoms with van der Waals surface area (Å²) in [5, 5.41) is 13.0. The second kappa shape index (κ2) is 15.1. The molecule has 1 aromatic heterocycles. The second-order valence-electron chi connectivity index (χ2n) is 9.78. The summed E-state index contributed by atoms with van der Waals surface area (Å²) in [5.74, 6) is -1.58. The van der Waals surface area contributed by atoms with Gasteiger partial charge in [-0.15, -0.1) is 0 Å². The maximum Gasteiger partial charge on any atom is 0.322 e. The summed E-state index contributed by atoms with van der Waals surface area (Å²) < 4.78 is 28.9. The van der Waals surface area contributed by atoms with Gasteiger partial charge in [-0.1, -0.05) is 30.3 Å². The van der Waals surface area contributed by atoms with Crippen LogP contribution in [0.15, 0.2) is 85.5 Å². The number of aromatic nitrogens is 2. The Morgan fingerprint density at radius 3 is 2.36 bits per heavy atom. The van der Waals surface area contributed by atoms with Gasteiger partial charge in [-0.2, -0.15) is 11.8 Å². The molecule has 4 N–H and O–H groups in total. The molecule has 0 aliphatic carbocycles. The number of aryl methyl sites for hydroxylation is 2. The molecule has 0 aliphatic rings. The maximum absolute atomic E-state index is 13.7. The van der Waals surface area contributed by atoms with E-state index in [0.717, 1.165) is 16.7 Å². The molecule has 0 saturated carbocycles. The molecule has 2 atom stereocenters. The highest BCUT2D eigenvalue weighted by Crippen LogP contribution is 2.25. The minimum Gasteiger partial charge on any atom is -0.480 e. The average Bonchev–Trinajstić information content (AvgIpc) is 3.50. The standard InChI is InChI=1S/C31H33F2N5O3S/c1-42-17-14-28(31(40)41)36-37-30(39)27-18-26(13-8-22(27)5-2-21-3-9-24(32)10-4-21)35-29(19-38-16-15-34-20-38)23-6-11-25(33)12-7-23/h3-4,6-13,15-16,18,20,28-29,35-36H,2,5,14,17,19H2,1H3,(H,37,39)(H,40,41)/t28-,29?/m0/s1. The number of imidazole rings is 1. The summed E-state index contributed by atoms with van der Waals surface area (Å²) in [6, 6.07) is 16.6. The van der Waals surface area contributed by atoms with Gasteiger partial charge in [-0.3, -0.25) is 15.0 Å². The summed E-state index contributed by atoms with van der Waals surface area (Å²) in [6.45, 7) is 0.497. The molecule has 11 heteroatoms. The minimum absolute atomic E-state index is 0.276. The van der Waals surface area contributed by atoms with Gasteiger partial charge in [0, 0.05) is 30.2 Å². The van der Waals surface area contributed by atoms with Crippen LogP contribution in [0, 0.1) is 11.6 Å². The Morgan fingerprint density at radius 2 is 1.71 bits per heavy atom. The number of carbonyl (C=O) groups excluding carboxylic acids is 1. The first-order chi connectivity index (χ1) is 20.3. The zero-order chi connectivity index (χ0) is 29.9. The van der Waals surface area contributed by atoms with Gasteiger partial charge in [0.1, 0.15) is 17.7 Å². The number of anilines is 1. The molecular formula is C31H33F2N5O3S. The summed E-state index contributed by atoms with van der Waals surface area (Å²) in [6.07, 6.45) is 8.49. The monoisotopic (exact) mass is 593 g/mol. The third-order valence-electron chi connectivity index (χ3n) is 6.79. The molecule has 0 aliphatic heterocycles. The lowest BCUT2D eigenvalue weighted by molar-refractivity contribution is -0.139. The fourth-order valence-corrected chi connectivity index (χ4v) is 4.95. The minimum atomic E-state index is -1.06. The van der Waals surface area contributed by atoms with Crippen LogP contribution in [0.2, 0.25) is 0 Å². The van der Waals surface area contributed by atoms with E-state index in [2.05, 4.69) is 21.2 Å². The van der Waals surface area contributed by atoms with Crippen LogP contribution >= 0.6 is 11.8 Å². The number of aliphatic carboxylic acids is 1. The first kappa shape index (κ1) is 30.7. The van der Waals surface area contributed by atoms with Crippen LogP contribution in [0.25, 0.3) is 0 Å². The van der Waals surface area contributed by atoms with Crippen LogP contribution in [0.4, 0.5) is 14.5 Å². The van der Waals surface area contributed by atoms with Crippen LogP contribution in [-0.2, 0) is 24.2 Å². The molecule has 42 heavy (non-hydrogen) atoms. The van der Waals surface area contributed by atoms with Crippen molar-refractivity contribution in [3.8, 4) is 0 Å². The number of hydrogen-bond acceptors (Lipinski definition) is 6. The van der Waals surface area contributed by atoms with Gasteiger partial charge in [-0.25, -0.2) is 19.2 Å². The molecular weight excluding hydrogens is 560 g/mol. The number of nitrogens with zero attached hydrogens (tertiary/aromatic N) is 2. The molecule has 220 valence electrons. The number of halogens is 2. The van der Waals surface area contributed by atoms with E-state index in [1.165, 1.54) is 36.0 Å². The Bertz CT molecular complexity index is 1450. The Labute approximate surface area is 247 Å². The Hall–Kier alpha value is -4.22. The number of hydrogen-bond donors (Lipinski definition) is 4. The molecule has 0 radical (unpaired) electrons. The van der Waals surface area contributed by atoms with Crippen molar-refractivity contribution in [1.82, 2.24) is 20.4 Å². The van der Waals surface area contributed by atoms with Crippen LogP contribution in [0.3, 0.4) is 0 Å². The number of thioether (sulfide) groups is 1. The van der Waals surface area contributed by atoms with Crippen molar-refractivity contribution in [3.05, 3.63) is 119 Å². The third kappa shape index (κ3) is 8.89. The molecule has 3 aromatic carbocycles. The molecule has 1 heterocycles. The van der Waals surface area contributed by atoms with E-state index in [-0.39, 0.29) is 17.7 Å². The van der Waals surface area contributed by atoms with Gasteiger partial charge in [-0.05, 0) is 84.4 Å². The molecule has 1 unspecified atom stereocenters. The highest BCUT2D eigenvalue weighted by Gasteiger charge is 2.20. The van der Waals surface area contributed by atoms with Gasteiger partial charge in [0.05, 0.1) is 12.4 Å². The van der Waals surface area contributed by atoms with Gasteiger partial charge in [0.25, 0.3) is 5.91 Å². The fourth-order valence-electron chi connectivity index (χ4n) is 4.47. The predicted molar refractivity (Wildman–Crippen MR) is 160 cm³/mol. The van der Waals surface area contributed by atoms with Crippen LogP contribution in [0.5, 0.6) is 0 Å². The number of amides is 1. The van der Waals surface area contributed by atoms with E-state index in [9.17, 15) is 23.5 Å². The normalized spacial score (nSPS) is 12.5. The molecule has 4 rings (SSSR count). The van der Waals surface area contributed by atoms with Gasteiger partial charge >= 0.3 is 5.97 Å². The lowest BCUT2D eigenvalue weighted by atomic mass is 9.98. The Morgan fingerprint density at radius 1 is 1.00 bits per heavy atom. The third-order valence-corrected chi connectivity index (χ3v) is 7.43. The predicted octanol–water partition coefficient (Wildman–Crippen LogP) is 5.24. The largest absolute Gasteiger partial charge is 0.480 e. The highest BCUT2D eigenvalue weighted by molar-refractivity contribution is 7.98. The topological polar surface area (TPSA) is 108 Å². The number of hydrazine groups is 1. The van der Waals surface area contributed by atoms with Crippen molar-refractivity contribution < 1.29 is 23.5 Å². The van der Waals surface area contributed by atoms with E-state index in [1.54, 1.807) is 42.9 Å². The molecule has 0 bridgehead atoms. The van der Waals surface area contributed by atoms with Gasteiger partial charge in [0.2, 0.25) is 0 Å². The van der Waals surface area contributed by atoms with Crippen molar-refractivity contribution in [1.29, 1.82) is 0 Å². The van der Waals surface area contributed by atoms with Crippen molar-refractivity contribution in [2.75, 3.05) is 17.3 Å². The van der Waals surface area contributed by atoms with Crippen molar-refractivity contribution in [2.24, 2.45) is 0 Å². The molecule has 0 saturated heterocycles. The van der Waals surface area contributed by atoms with Crippen LogP contribution in [-0.4, -0.2) is 44.6 Å². The Kier molecular flexibility index (Phi) is 11.1. The number of carboxylic acid groups (broad SMARTS) is 1. The zero-order valence-corrected chi connectivity index (χ0v) is 23.9. The fraction of sp³-hybridized carbons (Fsp3) is 0.258. The Balaban J connectivity index is 1.59. The summed E-state index contributed by atoms with van der Waals surface area (Å²) in [7, 11) is 0. The molecule has 0 spiro atoms. The number of benzene rings is 3. The number of rotatable bonds is 15. The lowest BCUT2D eigenvalue weighted by Gasteiger charge is -2.22. The van der Waals surface area contributed by atoms with Crippen molar-refractivity contribution >= 4 is 29.3 Å². The zero-order valence-electron chi connectivity index (χ0n) is 23.1. The van der Waals surface area contributed by atoms with Crippen molar-refractivity contribution in [3.63, 3.8) is 0 Å². The number of carbonyl (C=O) groups is 2. The first-order valence-corrected chi connectivity index (χ1v) is 14.8. The maximum atomic E-state index is 13.7. The summed E-state index contributed by atoms with van der Waals surface area (Å²) >= 11 is 1.52. The van der Waals surface area contributed by atoms with Crippen LogP contribution < -0.4 is 16.2 Å². The van der Waals surface area contributed by atoms with Crippen molar-refractivity contribution in [2.45, 2.75) is 37.9 Å². The number of carboxylic acids is 1. The summed E-state index contributed by atoms with van der Waals surface area (Å²) in [5.41, 5.74) is 8.76. The van der Waals surface area contributed by atoms with Gasteiger partial charge in [0.15, 0.2) is 0 Å². The molecule has 1 amide bonds. The summed E-state index contributed by atoms with van der Waals surface area (Å²) in [4.78, 5) is 29.2. The highest BCUT2D eigenvalue weighted by atomic mass is 32.2. The van der Waals surface area contributed by atoms with E-state index in [1.807, 2.05) is 29.2 Å². The first-order valence-electron chi connectivity index (χ1n) is 13.4. The van der Waals surface area contributed by atoms with E-state index in [0.29, 0.717) is 42.8 Å².